The fraction of sp³-hybridized carbons (Fsp3) is 0.944. The van der Waals surface area contributed by atoms with E-state index in [1.165, 1.54) is 25.7 Å². The SMILES string of the molecule is CCC(C)(CC)C(=O)OC(C)(C)C1CCC(C)CC1.CO. The van der Waals surface area contributed by atoms with Gasteiger partial charge in [-0.15, -0.1) is 0 Å². The van der Waals surface area contributed by atoms with Crippen LogP contribution in [0.2, 0.25) is 0 Å². The zero-order chi connectivity index (χ0) is 16.7. The number of aliphatic hydroxyl groups is 1. The molecule has 1 aliphatic rings. The van der Waals surface area contributed by atoms with Crippen LogP contribution >= 0.6 is 0 Å². The van der Waals surface area contributed by atoms with Crippen LogP contribution in [0.5, 0.6) is 0 Å². The Kier molecular flexibility index (Phi) is 8.53. The van der Waals surface area contributed by atoms with E-state index in [4.69, 9.17) is 9.84 Å². The maximum atomic E-state index is 12.4. The first-order chi connectivity index (χ1) is 9.75. The molecule has 21 heavy (non-hydrogen) atoms. The monoisotopic (exact) mass is 300 g/mol. The average Bonchev–Trinajstić information content (AvgIpc) is 2.48. The first-order valence-electron chi connectivity index (χ1n) is 8.43. The van der Waals surface area contributed by atoms with Gasteiger partial charge in [0.15, 0.2) is 0 Å². The number of hydrogen-bond acceptors (Lipinski definition) is 3. The molecule has 3 heteroatoms. The molecule has 126 valence electrons. The minimum Gasteiger partial charge on any atom is -0.459 e. The van der Waals surface area contributed by atoms with Crippen LogP contribution in [0.3, 0.4) is 0 Å². The Morgan fingerprint density at radius 3 is 1.86 bits per heavy atom. The molecule has 1 rings (SSSR count). The van der Waals surface area contributed by atoms with Gasteiger partial charge in [-0.3, -0.25) is 4.79 Å². The lowest BCUT2D eigenvalue weighted by Crippen LogP contribution is -2.42. The van der Waals surface area contributed by atoms with Crippen molar-refractivity contribution < 1.29 is 14.6 Å². The Bertz CT molecular complexity index is 298. The van der Waals surface area contributed by atoms with Crippen LogP contribution in [0, 0.1) is 17.3 Å². The molecule has 0 amide bonds. The number of esters is 1. The second-order valence-electron chi connectivity index (χ2n) is 7.22. The predicted octanol–water partition coefficient (Wildman–Crippen LogP) is 4.57. The van der Waals surface area contributed by atoms with E-state index in [2.05, 4.69) is 34.6 Å². The van der Waals surface area contributed by atoms with E-state index in [1.807, 2.05) is 6.92 Å². The van der Waals surface area contributed by atoms with Crippen LogP contribution in [-0.4, -0.2) is 23.8 Å². The number of ether oxygens (including phenoxy) is 1. The molecule has 1 aliphatic carbocycles. The third-order valence-corrected chi connectivity index (χ3v) is 5.41. The summed E-state index contributed by atoms with van der Waals surface area (Å²) >= 11 is 0. The van der Waals surface area contributed by atoms with Gasteiger partial charge in [0.1, 0.15) is 5.60 Å². The average molecular weight is 300 g/mol. The first kappa shape index (κ1) is 20.4. The fourth-order valence-electron chi connectivity index (χ4n) is 2.94. The van der Waals surface area contributed by atoms with Gasteiger partial charge in [0, 0.05) is 7.11 Å². The van der Waals surface area contributed by atoms with Crippen LogP contribution in [0.1, 0.15) is 80.1 Å². The van der Waals surface area contributed by atoms with Crippen LogP contribution in [0.4, 0.5) is 0 Å². The van der Waals surface area contributed by atoms with Crippen LogP contribution in [-0.2, 0) is 9.53 Å². The van der Waals surface area contributed by atoms with Gasteiger partial charge in [0.2, 0.25) is 0 Å². The third kappa shape index (κ3) is 5.61. The smallest absolute Gasteiger partial charge is 0.312 e. The third-order valence-electron chi connectivity index (χ3n) is 5.41. The van der Waals surface area contributed by atoms with Crippen molar-refractivity contribution in [2.24, 2.45) is 17.3 Å². The van der Waals surface area contributed by atoms with Crippen molar-refractivity contribution in [3.8, 4) is 0 Å². The molecular weight excluding hydrogens is 264 g/mol. The summed E-state index contributed by atoms with van der Waals surface area (Å²) in [5.74, 6) is 1.34. The molecule has 0 radical (unpaired) electrons. The first-order valence-corrected chi connectivity index (χ1v) is 8.43. The lowest BCUT2D eigenvalue weighted by atomic mass is 9.75. The number of carbonyl (C=O) groups excluding carboxylic acids is 1. The summed E-state index contributed by atoms with van der Waals surface area (Å²) < 4.78 is 5.92. The van der Waals surface area contributed by atoms with Crippen molar-refractivity contribution in [3.05, 3.63) is 0 Å². The quantitative estimate of drug-likeness (QED) is 0.757. The van der Waals surface area contributed by atoms with Crippen molar-refractivity contribution in [2.45, 2.75) is 85.7 Å². The minimum absolute atomic E-state index is 0.0129. The Morgan fingerprint density at radius 2 is 1.48 bits per heavy atom. The van der Waals surface area contributed by atoms with Crippen molar-refractivity contribution in [1.29, 1.82) is 0 Å². The van der Waals surface area contributed by atoms with E-state index in [9.17, 15) is 4.79 Å². The Labute approximate surface area is 131 Å². The zero-order valence-electron chi connectivity index (χ0n) is 15.2. The lowest BCUT2D eigenvalue weighted by Gasteiger charge is -2.40. The van der Waals surface area contributed by atoms with Crippen LogP contribution in [0.15, 0.2) is 0 Å². The fourth-order valence-corrected chi connectivity index (χ4v) is 2.94. The highest BCUT2D eigenvalue weighted by atomic mass is 16.6. The summed E-state index contributed by atoms with van der Waals surface area (Å²) in [4.78, 5) is 12.4. The molecule has 0 saturated heterocycles. The van der Waals surface area contributed by atoms with Crippen LogP contribution < -0.4 is 0 Å². The van der Waals surface area contributed by atoms with Gasteiger partial charge in [0.05, 0.1) is 5.41 Å². The molecule has 0 bridgehead atoms. The number of rotatable bonds is 5. The summed E-state index contributed by atoms with van der Waals surface area (Å²) in [5, 5.41) is 7.00. The molecule has 0 spiro atoms. The maximum Gasteiger partial charge on any atom is 0.312 e. The van der Waals surface area contributed by atoms with E-state index in [-0.39, 0.29) is 17.0 Å². The van der Waals surface area contributed by atoms with E-state index in [0.29, 0.717) is 5.92 Å². The molecule has 0 unspecified atom stereocenters. The number of aliphatic hydroxyl groups excluding tert-OH is 1. The van der Waals surface area contributed by atoms with Crippen molar-refractivity contribution in [1.82, 2.24) is 0 Å². The Balaban J connectivity index is 0.00000191. The molecule has 0 aromatic carbocycles. The molecule has 0 aromatic rings. The standard InChI is InChI=1S/C17H32O2.CH4O/c1-7-17(6,8-2)15(18)19-16(4,5)14-11-9-13(3)10-12-14;1-2/h13-14H,7-12H2,1-6H3;2H,1H3. The summed E-state index contributed by atoms with van der Waals surface area (Å²) in [6.45, 7) is 12.7. The second kappa shape index (κ2) is 8.77. The topological polar surface area (TPSA) is 46.5 Å². The van der Waals surface area contributed by atoms with Gasteiger partial charge in [-0.2, -0.15) is 0 Å². The van der Waals surface area contributed by atoms with Crippen molar-refractivity contribution in [2.75, 3.05) is 7.11 Å². The molecule has 1 N–H and O–H groups in total. The molecule has 0 heterocycles. The number of hydrogen-bond donors (Lipinski definition) is 1. The molecule has 1 saturated carbocycles. The van der Waals surface area contributed by atoms with Crippen molar-refractivity contribution in [3.63, 3.8) is 0 Å². The van der Waals surface area contributed by atoms with E-state index >= 15 is 0 Å². The lowest BCUT2D eigenvalue weighted by molar-refractivity contribution is -0.175. The molecule has 1 fully saturated rings. The highest BCUT2D eigenvalue weighted by molar-refractivity contribution is 5.76. The van der Waals surface area contributed by atoms with Crippen LogP contribution in [0.25, 0.3) is 0 Å². The Hall–Kier alpha value is -0.570. The highest BCUT2D eigenvalue weighted by Crippen LogP contribution is 2.39. The van der Waals surface area contributed by atoms with E-state index in [0.717, 1.165) is 25.9 Å². The predicted molar refractivity (Wildman–Crippen MR) is 88.1 cm³/mol. The van der Waals surface area contributed by atoms with E-state index < -0.39 is 0 Å². The van der Waals surface area contributed by atoms with Gasteiger partial charge < -0.3 is 9.84 Å². The van der Waals surface area contributed by atoms with Gasteiger partial charge in [0.25, 0.3) is 0 Å². The van der Waals surface area contributed by atoms with Gasteiger partial charge in [-0.05, 0) is 58.3 Å². The molecule has 3 nitrogen and oxygen atoms in total. The summed E-state index contributed by atoms with van der Waals surface area (Å²) in [7, 11) is 1.00. The van der Waals surface area contributed by atoms with Gasteiger partial charge in [-0.25, -0.2) is 0 Å². The van der Waals surface area contributed by atoms with Crippen molar-refractivity contribution >= 4 is 5.97 Å². The second-order valence-corrected chi connectivity index (χ2v) is 7.22. The normalized spacial score (nSPS) is 23.0. The highest BCUT2D eigenvalue weighted by Gasteiger charge is 2.40. The largest absolute Gasteiger partial charge is 0.459 e. The maximum absolute atomic E-state index is 12.4. The molecular formula is C18H36O3. The zero-order valence-corrected chi connectivity index (χ0v) is 15.2. The van der Waals surface area contributed by atoms with Gasteiger partial charge in [-0.1, -0.05) is 33.6 Å². The number of carbonyl (C=O) groups is 1. The Morgan fingerprint density at radius 1 is 1.05 bits per heavy atom. The molecule has 0 aromatic heterocycles. The summed E-state index contributed by atoms with van der Waals surface area (Å²) in [6.07, 6.45) is 6.61. The molecule has 0 aliphatic heterocycles. The minimum atomic E-state index is -0.320. The summed E-state index contributed by atoms with van der Waals surface area (Å²) in [6, 6.07) is 0. The molecule has 0 atom stereocenters. The van der Waals surface area contributed by atoms with Gasteiger partial charge >= 0.3 is 5.97 Å². The van der Waals surface area contributed by atoms with E-state index in [1.54, 1.807) is 0 Å². The summed E-state index contributed by atoms with van der Waals surface area (Å²) in [5.41, 5.74) is -0.637.